The summed E-state index contributed by atoms with van der Waals surface area (Å²) in [6, 6.07) is 6.89. The summed E-state index contributed by atoms with van der Waals surface area (Å²) >= 11 is 0. The summed E-state index contributed by atoms with van der Waals surface area (Å²) < 4.78 is 13.5. The average Bonchev–Trinajstić information content (AvgIpc) is 2.81. The summed E-state index contributed by atoms with van der Waals surface area (Å²) in [6.07, 6.45) is 6.18. The van der Waals surface area contributed by atoms with Gasteiger partial charge in [-0.1, -0.05) is 25.0 Å². The summed E-state index contributed by atoms with van der Waals surface area (Å²) in [5.74, 6) is -0.0448. The Kier molecular flexibility index (Phi) is 3.23. The summed E-state index contributed by atoms with van der Waals surface area (Å²) in [6.45, 7) is 0. The molecule has 1 aliphatic heterocycles. The van der Waals surface area contributed by atoms with Crippen molar-refractivity contribution in [2.24, 2.45) is 0 Å². The van der Waals surface area contributed by atoms with Gasteiger partial charge in [-0.25, -0.2) is 4.39 Å². The number of allylic oxidation sites excluding steroid dienone is 1. The van der Waals surface area contributed by atoms with Gasteiger partial charge in [0, 0.05) is 18.2 Å². The van der Waals surface area contributed by atoms with Crippen LogP contribution in [0.2, 0.25) is 0 Å². The standard InChI is InChI=1S/C15H17FN2O/c16-11-6-2-1-5-10(11)14(19)9-15-17-12-7-3-4-8-13(12)18-15/h1-2,5-6,9,12-13,17-18H,3-4,7-8H2/t12-,13+. The Balaban J connectivity index is 1.76. The summed E-state index contributed by atoms with van der Waals surface area (Å²) in [5.41, 5.74) is 0.119. The van der Waals surface area contributed by atoms with Crippen LogP contribution in [0.4, 0.5) is 4.39 Å². The zero-order valence-electron chi connectivity index (χ0n) is 10.7. The fourth-order valence-corrected chi connectivity index (χ4v) is 2.87. The summed E-state index contributed by atoms with van der Waals surface area (Å²) in [5, 5.41) is 6.64. The van der Waals surface area contributed by atoms with E-state index in [0.29, 0.717) is 12.1 Å². The minimum absolute atomic E-state index is 0.119. The van der Waals surface area contributed by atoms with Crippen molar-refractivity contribution in [3.63, 3.8) is 0 Å². The highest BCUT2D eigenvalue weighted by molar-refractivity contribution is 6.05. The van der Waals surface area contributed by atoms with Crippen molar-refractivity contribution in [2.75, 3.05) is 0 Å². The van der Waals surface area contributed by atoms with Gasteiger partial charge in [0.1, 0.15) is 11.6 Å². The molecule has 0 radical (unpaired) electrons. The van der Waals surface area contributed by atoms with E-state index in [0.717, 1.165) is 18.7 Å². The fraction of sp³-hybridized carbons (Fsp3) is 0.400. The van der Waals surface area contributed by atoms with Crippen LogP contribution in [0.1, 0.15) is 36.0 Å². The van der Waals surface area contributed by atoms with Gasteiger partial charge in [-0.3, -0.25) is 4.79 Å². The van der Waals surface area contributed by atoms with Gasteiger partial charge in [0.2, 0.25) is 0 Å². The molecule has 2 atom stereocenters. The van der Waals surface area contributed by atoms with Crippen molar-refractivity contribution in [1.82, 2.24) is 10.6 Å². The first-order valence-electron chi connectivity index (χ1n) is 6.77. The van der Waals surface area contributed by atoms with Gasteiger partial charge in [-0.2, -0.15) is 0 Å². The normalized spacial score (nSPS) is 27.5. The van der Waals surface area contributed by atoms with E-state index in [1.165, 1.54) is 31.1 Å². The SMILES string of the molecule is O=C(C=C1N[C@H]2CCCC[C@H]2N1)c1ccccc1F. The van der Waals surface area contributed by atoms with Crippen LogP contribution in [-0.4, -0.2) is 17.9 Å². The van der Waals surface area contributed by atoms with Gasteiger partial charge in [-0.05, 0) is 25.0 Å². The molecule has 1 heterocycles. The van der Waals surface area contributed by atoms with Crippen LogP contribution >= 0.6 is 0 Å². The summed E-state index contributed by atoms with van der Waals surface area (Å²) in [4.78, 5) is 12.0. The predicted molar refractivity (Wildman–Crippen MR) is 71.1 cm³/mol. The zero-order valence-corrected chi connectivity index (χ0v) is 10.7. The Morgan fingerprint density at radius 3 is 2.42 bits per heavy atom. The van der Waals surface area contributed by atoms with E-state index in [1.54, 1.807) is 12.1 Å². The van der Waals surface area contributed by atoms with E-state index in [9.17, 15) is 9.18 Å². The Morgan fingerprint density at radius 1 is 1.16 bits per heavy atom. The molecule has 0 bridgehead atoms. The molecule has 2 N–H and O–H groups in total. The number of rotatable bonds is 2. The number of carbonyl (C=O) groups is 1. The van der Waals surface area contributed by atoms with Gasteiger partial charge >= 0.3 is 0 Å². The van der Waals surface area contributed by atoms with Crippen LogP contribution in [0, 0.1) is 5.82 Å². The smallest absolute Gasteiger partial charge is 0.192 e. The lowest BCUT2D eigenvalue weighted by Gasteiger charge is -2.23. The van der Waals surface area contributed by atoms with E-state index < -0.39 is 5.82 Å². The largest absolute Gasteiger partial charge is 0.367 e. The van der Waals surface area contributed by atoms with Crippen molar-refractivity contribution in [1.29, 1.82) is 0 Å². The molecule has 1 saturated carbocycles. The second kappa shape index (κ2) is 5.03. The first-order chi connectivity index (χ1) is 9.24. The molecule has 100 valence electrons. The van der Waals surface area contributed by atoms with Gasteiger partial charge in [-0.15, -0.1) is 0 Å². The molecule has 19 heavy (non-hydrogen) atoms. The van der Waals surface area contributed by atoms with E-state index in [4.69, 9.17) is 0 Å². The molecule has 1 saturated heterocycles. The third kappa shape index (κ3) is 2.48. The topological polar surface area (TPSA) is 41.1 Å². The number of halogens is 1. The minimum Gasteiger partial charge on any atom is -0.367 e. The molecule has 0 amide bonds. The number of hydrogen-bond acceptors (Lipinski definition) is 3. The number of hydrogen-bond donors (Lipinski definition) is 2. The van der Waals surface area contributed by atoms with E-state index in [1.807, 2.05) is 0 Å². The van der Waals surface area contributed by atoms with Crippen molar-refractivity contribution in [3.05, 3.63) is 47.5 Å². The molecular weight excluding hydrogens is 243 g/mol. The number of benzene rings is 1. The highest BCUT2D eigenvalue weighted by atomic mass is 19.1. The van der Waals surface area contributed by atoms with Crippen molar-refractivity contribution < 1.29 is 9.18 Å². The molecule has 1 aromatic rings. The highest BCUT2D eigenvalue weighted by Crippen LogP contribution is 2.24. The number of fused-ring (bicyclic) bond motifs is 1. The molecule has 3 nitrogen and oxygen atoms in total. The predicted octanol–water partition coefficient (Wildman–Crippen LogP) is 2.35. The molecule has 4 heteroatoms. The van der Waals surface area contributed by atoms with Gasteiger partial charge in [0.05, 0.1) is 5.56 Å². The average molecular weight is 260 g/mol. The van der Waals surface area contributed by atoms with Crippen LogP contribution in [0.25, 0.3) is 0 Å². The molecule has 3 rings (SSSR count). The first-order valence-corrected chi connectivity index (χ1v) is 6.77. The number of ketones is 1. The first kappa shape index (κ1) is 12.2. The third-order valence-electron chi connectivity index (χ3n) is 3.86. The lowest BCUT2D eigenvalue weighted by atomic mass is 9.92. The second-order valence-corrected chi connectivity index (χ2v) is 5.19. The maximum atomic E-state index is 13.5. The highest BCUT2D eigenvalue weighted by Gasteiger charge is 2.31. The quantitative estimate of drug-likeness (QED) is 0.633. The van der Waals surface area contributed by atoms with Gasteiger partial charge in [0.15, 0.2) is 5.78 Å². The number of carbonyl (C=O) groups excluding carboxylic acids is 1. The van der Waals surface area contributed by atoms with Crippen LogP contribution in [-0.2, 0) is 0 Å². The fourth-order valence-electron chi connectivity index (χ4n) is 2.87. The van der Waals surface area contributed by atoms with E-state index in [2.05, 4.69) is 10.6 Å². The molecule has 1 aliphatic carbocycles. The van der Waals surface area contributed by atoms with Crippen LogP contribution in [0.3, 0.4) is 0 Å². The van der Waals surface area contributed by atoms with Gasteiger partial charge in [0.25, 0.3) is 0 Å². The lowest BCUT2D eigenvalue weighted by molar-refractivity contribution is 0.104. The Morgan fingerprint density at radius 2 is 1.79 bits per heavy atom. The minimum atomic E-state index is -0.472. The Hall–Kier alpha value is -1.84. The number of nitrogens with one attached hydrogen (secondary N) is 2. The van der Waals surface area contributed by atoms with Crippen LogP contribution < -0.4 is 10.6 Å². The van der Waals surface area contributed by atoms with Crippen LogP contribution in [0.5, 0.6) is 0 Å². The van der Waals surface area contributed by atoms with Gasteiger partial charge < -0.3 is 10.6 Å². The maximum Gasteiger partial charge on any atom is 0.192 e. The second-order valence-electron chi connectivity index (χ2n) is 5.19. The van der Waals surface area contributed by atoms with E-state index in [-0.39, 0.29) is 11.3 Å². The molecular formula is C15H17FN2O. The maximum absolute atomic E-state index is 13.5. The lowest BCUT2D eigenvalue weighted by Crippen LogP contribution is -2.36. The molecule has 2 fully saturated rings. The van der Waals surface area contributed by atoms with E-state index >= 15 is 0 Å². The third-order valence-corrected chi connectivity index (χ3v) is 3.86. The van der Waals surface area contributed by atoms with Crippen LogP contribution in [0.15, 0.2) is 36.2 Å². The van der Waals surface area contributed by atoms with Crippen molar-refractivity contribution in [3.8, 4) is 0 Å². The molecule has 2 aliphatic rings. The molecule has 1 aromatic carbocycles. The Bertz CT molecular complexity index is 511. The zero-order chi connectivity index (χ0) is 13.2. The van der Waals surface area contributed by atoms with Crippen molar-refractivity contribution >= 4 is 5.78 Å². The molecule has 0 spiro atoms. The Labute approximate surface area is 111 Å². The van der Waals surface area contributed by atoms with Crippen molar-refractivity contribution in [2.45, 2.75) is 37.8 Å². The molecule has 0 unspecified atom stereocenters. The monoisotopic (exact) mass is 260 g/mol. The molecule has 0 aromatic heterocycles. The summed E-state index contributed by atoms with van der Waals surface area (Å²) in [7, 11) is 0.